The Hall–Kier alpha value is -1.67. The summed E-state index contributed by atoms with van der Waals surface area (Å²) in [5, 5.41) is 12.6. The van der Waals surface area contributed by atoms with Gasteiger partial charge in [0.15, 0.2) is 0 Å². The summed E-state index contributed by atoms with van der Waals surface area (Å²) in [5.41, 5.74) is -1.01. The first kappa shape index (κ1) is 20.1. The molecule has 2 amide bonds. The van der Waals surface area contributed by atoms with Gasteiger partial charge in [0.1, 0.15) is 11.6 Å². The Bertz CT molecular complexity index is 611. The molecule has 8 nitrogen and oxygen atoms in total. The molecule has 27 heavy (non-hydrogen) atoms. The number of fused-ring (bicyclic) bond motifs is 1. The molecular formula is C19H30N2O6. The Labute approximate surface area is 159 Å². The molecule has 1 spiro atoms. The zero-order chi connectivity index (χ0) is 19.8. The van der Waals surface area contributed by atoms with Crippen molar-refractivity contribution in [2.45, 2.75) is 70.2 Å². The van der Waals surface area contributed by atoms with Crippen LogP contribution in [0, 0.1) is 11.8 Å². The standard InChI is InChI=1S/C19H30N2O6/c1-4-6-9-20-16(23)15-19-8-7-12(27-19)13(18(25)26-5-2)14(19)17(24)21(15)11(3)10-22/h11-15,22H,4-10H2,1-3H3,(H,20,23)/t11-,12-,13+,14+,15?,19?/m1/s1. The molecule has 0 aromatic rings. The molecular weight excluding hydrogens is 352 g/mol. The van der Waals surface area contributed by atoms with Crippen LogP contribution in [0.2, 0.25) is 0 Å². The quantitative estimate of drug-likeness (QED) is 0.460. The number of ether oxygens (including phenoxy) is 2. The van der Waals surface area contributed by atoms with Crippen molar-refractivity contribution in [2.75, 3.05) is 19.8 Å². The average Bonchev–Trinajstić information content (AvgIpc) is 3.28. The van der Waals surface area contributed by atoms with Gasteiger partial charge >= 0.3 is 5.97 Å². The fraction of sp³-hybridized carbons (Fsp3) is 0.842. The van der Waals surface area contributed by atoms with Crippen LogP contribution in [0.5, 0.6) is 0 Å². The first-order chi connectivity index (χ1) is 12.9. The number of likely N-dealkylation sites (tertiary alicyclic amines) is 1. The molecule has 0 saturated carbocycles. The van der Waals surface area contributed by atoms with E-state index in [1.807, 2.05) is 6.92 Å². The lowest BCUT2D eigenvalue weighted by atomic mass is 9.71. The van der Waals surface area contributed by atoms with Gasteiger partial charge in [-0.15, -0.1) is 0 Å². The molecule has 0 aromatic carbocycles. The number of carbonyl (C=O) groups is 3. The number of nitrogens with one attached hydrogen (secondary N) is 1. The van der Waals surface area contributed by atoms with Crippen molar-refractivity contribution in [1.82, 2.24) is 10.2 Å². The first-order valence-corrected chi connectivity index (χ1v) is 9.98. The minimum Gasteiger partial charge on any atom is -0.466 e. The van der Waals surface area contributed by atoms with Crippen LogP contribution in [-0.4, -0.2) is 71.3 Å². The second kappa shape index (κ2) is 7.75. The van der Waals surface area contributed by atoms with E-state index in [1.54, 1.807) is 13.8 Å². The van der Waals surface area contributed by atoms with Crippen LogP contribution < -0.4 is 5.32 Å². The molecule has 0 radical (unpaired) electrons. The fourth-order valence-corrected chi connectivity index (χ4v) is 4.94. The minimum absolute atomic E-state index is 0.230. The molecule has 152 valence electrons. The van der Waals surface area contributed by atoms with Crippen LogP contribution in [0.3, 0.4) is 0 Å². The van der Waals surface area contributed by atoms with E-state index in [2.05, 4.69) is 5.32 Å². The summed E-state index contributed by atoms with van der Waals surface area (Å²) < 4.78 is 11.4. The van der Waals surface area contributed by atoms with Gasteiger partial charge in [0.05, 0.1) is 37.2 Å². The van der Waals surface area contributed by atoms with Crippen LogP contribution in [-0.2, 0) is 23.9 Å². The summed E-state index contributed by atoms with van der Waals surface area (Å²) in [6.07, 6.45) is 2.55. The van der Waals surface area contributed by atoms with Crippen molar-refractivity contribution < 1.29 is 29.0 Å². The molecule has 3 aliphatic heterocycles. The predicted molar refractivity (Wildman–Crippen MR) is 95.6 cm³/mol. The molecule has 6 atom stereocenters. The monoisotopic (exact) mass is 382 g/mol. The molecule has 3 saturated heterocycles. The van der Waals surface area contributed by atoms with Crippen LogP contribution in [0.25, 0.3) is 0 Å². The number of amides is 2. The second-order valence-corrected chi connectivity index (χ2v) is 7.73. The number of esters is 1. The number of hydrogen-bond donors (Lipinski definition) is 2. The molecule has 8 heteroatoms. The Morgan fingerprint density at radius 2 is 2.19 bits per heavy atom. The average molecular weight is 382 g/mol. The van der Waals surface area contributed by atoms with Gasteiger partial charge in [0.25, 0.3) is 0 Å². The van der Waals surface area contributed by atoms with E-state index >= 15 is 0 Å². The van der Waals surface area contributed by atoms with E-state index in [0.717, 1.165) is 12.8 Å². The second-order valence-electron chi connectivity index (χ2n) is 7.73. The van der Waals surface area contributed by atoms with Crippen LogP contribution in [0.4, 0.5) is 0 Å². The van der Waals surface area contributed by atoms with Crippen LogP contribution in [0.15, 0.2) is 0 Å². The zero-order valence-electron chi connectivity index (χ0n) is 16.3. The van der Waals surface area contributed by atoms with Crippen LogP contribution in [0.1, 0.15) is 46.5 Å². The van der Waals surface area contributed by atoms with Crippen molar-refractivity contribution in [1.29, 1.82) is 0 Å². The summed E-state index contributed by atoms with van der Waals surface area (Å²) in [5.74, 6) is -2.43. The third-order valence-corrected chi connectivity index (χ3v) is 6.11. The van der Waals surface area contributed by atoms with E-state index in [-0.39, 0.29) is 25.0 Å². The molecule has 3 fully saturated rings. The first-order valence-electron chi connectivity index (χ1n) is 9.98. The summed E-state index contributed by atoms with van der Waals surface area (Å²) in [6, 6.07) is -1.37. The maximum atomic E-state index is 13.3. The zero-order valence-corrected chi connectivity index (χ0v) is 16.3. The highest BCUT2D eigenvalue weighted by atomic mass is 16.6. The van der Waals surface area contributed by atoms with Gasteiger partial charge in [-0.2, -0.15) is 0 Å². The predicted octanol–water partition coefficient (Wildman–Crippen LogP) is 0.221. The van der Waals surface area contributed by atoms with E-state index in [0.29, 0.717) is 19.4 Å². The van der Waals surface area contributed by atoms with Gasteiger partial charge < -0.3 is 24.8 Å². The number of unbranched alkanes of at least 4 members (excludes halogenated alkanes) is 1. The van der Waals surface area contributed by atoms with Crippen molar-refractivity contribution in [3.05, 3.63) is 0 Å². The molecule has 3 rings (SSSR count). The lowest BCUT2D eigenvalue weighted by Gasteiger charge is -2.35. The summed E-state index contributed by atoms with van der Waals surface area (Å²) in [6.45, 7) is 5.95. The number of hydrogen-bond acceptors (Lipinski definition) is 6. The molecule has 0 aliphatic carbocycles. The van der Waals surface area contributed by atoms with Gasteiger partial charge in [0, 0.05) is 6.54 Å². The third-order valence-electron chi connectivity index (χ3n) is 6.11. The summed E-state index contributed by atoms with van der Waals surface area (Å²) >= 11 is 0. The highest BCUT2D eigenvalue weighted by molar-refractivity contribution is 5.98. The van der Waals surface area contributed by atoms with Crippen molar-refractivity contribution >= 4 is 17.8 Å². The highest BCUT2D eigenvalue weighted by Crippen LogP contribution is 2.58. The maximum absolute atomic E-state index is 13.3. The lowest BCUT2D eigenvalue weighted by Crippen LogP contribution is -2.57. The van der Waals surface area contributed by atoms with Crippen molar-refractivity contribution in [3.63, 3.8) is 0 Å². The number of carbonyl (C=O) groups excluding carboxylic acids is 3. The number of nitrogens with zero attached hydrogens (tertiary/aromatic N) is 1. The molecule has 2 unspecified atom stereocenters. The van der Waals surface area contributed by atoms with Gasteiger partial charge in [-0.1, -0.05) is 13.3 Å². The SMILES string of the molecule is CCCCNC(=O)C1N([C@H](C)CO)C(=O)[C@@H]2[C@@H](C(=O)OCC)[C@H]3CCC12O3. The van der Waals surface area contributed by atoms with E-state index < -0.39 is 41.6 Å². The van der Waals surface area contributed by atoms with Crippen LogP contribution >= 0.6 is 0 Å². The smallest absolute Gasteiger partial charge is 0.312 e. The van der Waals surface area contributed by atoms with E-state index in [1.165, 1.54) is 4.90 Å². The summed E-state index contributed by atoms with van der Waals surface area (Å²) in [7, 11) is 0. The van der Waals surface area contributed by atoms with Gasteiger partial charge in [-0.25, -0.2) is 0 Å². The molecule has 3 heterocycles. The highest BCUT2D eigenvalue weighted by Gasteiger charge is 2.75. The molecule has 3 aliphatic rings. The van der Waals surface area contributed by atoms with E-state index in [9.17, 15) is 19.5 Å². The largest absolute Gasteiger partial charge is 0.466 e. The lowest BCUT2D eigenvalue weighted by molar-refractivity contribution is -0.155. The normalized spacial score (nSPS) is 35.3. The summed E-state index contributed by atoms with van der Waals surface area (Å²) in [4.78, 5) is 40.3. The Morgan fingerprint density at radius 1 is 1.44 bits per heavy atom. The van der Waals surface area contributed by atoms with Crippen molar-refractivity contribution in [2.24, 2.45) is 11.8 Å². The molecule has 2 bridgehead atoms. The topological polar surface area (TPSA) is 105 Å². The third kappa shape index (κ3) is 3.02. The van der Waals surface area contributed by atoms with Gasteiger partial charge in [0.2, 0.25) is 11.8 Å². The van der Waals surface area contributed by atoms with Gasteiger partial charge in [-0.3, -0.25) is 14.4 Å². The Morgan fingerprint density at radius 3 is 2.81 bits per heavy atom. The molecule has 0 aromatic heterocycles. The minimum atomic E-state index is -1.01. The number of aliphatic hydroxyl groups excluding tert-OH is 1. The van der Waals surface area contributed by atoms with E-state index in [4.69, 9.17) is 9.47 Å². The Balaban J connectivity index is 1.95. The number of rotatable bonds is 8. The Kier molecular flexibility index (Phi) is 5.76. The molecule has 2 N–H and O–H groups in total. The van der Waals surface area contributed by atoms with Gasteiger partial charge in [-0.05, 0) is 33.1 Å². The number of aliphatic hydroxyl groups is 1. The van der Waals surface area contributed by atoms with Crippen molar-refractivity contribution in [3.8, 4) is 0 Å². The maximum Gasteiger partial charge on any atom is 0.312 e. The fourth-order valence-electron chi connectivity index (χ4n) is 4.94.